The number of benzene rings is 2. The zero-order valence-corrected chi connectivity index (χ0v) is 18.4. The summed E-state index contributed by atoms with van der Waals surface area (Å²) in [5, 5.41) is 0. The van der Waals surface area contributed by atoms with Crippen LogP contribution in [0, 0.1) is 0 Å². The number of carbonyl (C=O) groups excluding carboxylic acids is 1. The molecule has 2 aromatic carbocycles. The van der Waals surface area contributed by atoms with Crippen molar-refractivity contribution in [2.45, 2.75) is 0 Å². The zero-order valence-electron chi connectivity index (χ0n) is 18.4. The summed E-state index contributed by atoms with van der Waals surface area (Å²) in [6, 6.07) is 15.0. The van der Waals surface area contributed by atoms with E-state index in [0.29, 0.717) is 43.2 Å². The molecule has 4 rings (SSSR count). The summed E-state index contributed by atoms with van der Waals surface area (Å²) in [5.41, 5.74) is 2.43. The number of aromatic nitrogens is 2. The molecule has 0 radical (unpaired) electrons. The van der Waals surface area contributed by atoms with E-state index in [2.05, 4.69) is 14.9 Å². The molecule has 0 spiro atoms. The van der Waals surface area contributed by atoms with Crippen LogP contribution in [0.25, 0.3) is 11.3 Å². The standard InChI is InChI=1S/C24H26N4O4/c1-30-19-7-4-17(5-8-19)20-15-23(26-16-25-20)27-10-12-28(13-11-27)24(29)18-6-9-21(31-2)22(14-18)32-3/h4-9,14-16H,10-13H2,1-3H3. The highest BCUT2D eigenvalue weighted by molar-refractivity contribution is 5.95. The third-order valence-corrected chi connectivity index (χ3v) is 5.56. The van der Waals surface area contributed by atoms with Crippen molar-refractivity contribution >= 4 is 11.7 Å². The van der Waals surface area contributed by atoms with Crippen molar-refractivity contribution in [3.63, 3.8) is 0 Å². The van der Waals surface area contributed by atoms with Crippen LogP contribution in [0.3, 0.4) is 0 Å². The molecule has 1 aromatic heterocycles. The van der Waals surface area contributed by atoms with Gasteiger partial charge in [0.1, 0.15) is 17.9 Å². The maximum atomic E-state index is 13.0. The highest BCUT2D eigenvalue weighted by Gasteiger charge is 2.24. The number of rotatable bonds is 6. The SMILES string of the molecule is COc1ccc(-c2cc(N3CCN(C(=O)c4ccc(OC)c(OC)c4)CC3)ncn2)cc1. The molecule has 1 saturated heterocycles. The summed E-state index contributed by atoms with van der Waals surface area (Å²) in [6.45, 7) is 2.60. The number of hydrogen-bond donors (Lipinski definition) is 0. The van der Waals surface area contributed by atoms with Crippen LogP contribution in [0.4, 0.5) is 5.82 Å². The second kappa shape index (κ2) is 9.55. The van der Waals surface area contributed by atoms with Crippen molar-refractivity contribution < 1.29 is 19.0 Å². The maximum absolute atomic E-state index is 13.0. The first-order chi connectivity index (χ1) is 15.6. The molecular weight excluding hydrogens is 408 g/mol. The second-order valence-electron chi connectivity index (χ2n) is 7.34. The summed E-state index contributed by atoms with van der Waals surface area (Å²) < 4.78 is 15.8. The van der Waals surface area contributed by atoms with E-state index in [1.807, 2.05) is 35.2 Å². The quantitative estimate of drug-likeness (QED) is 0.590. The van der Waals surface area contributed by atoms with Crippen molar-refractivity contribution in [3.05, 3.63) is 60.4 Å². The van der Waals surface area contributed by atoms with Crippen LogP contribution in [0.5, 0.6) is 17.2 Å². The smallest absolute Gasteiger partial charge is 0.254 e. The van der Waals surface area contributed by atoms with Gasteiger partial charge in [-0.05, 0) is 42.5 Å². The highest BCUT2D eigenvalue weighted by atomic mass is 16.5. The van der Waals surface area contributed by atoms with Crippen molar-refractivity contribution in [2.75, 3.05) is 52.4 Å². The van der Waals surface area contributed by atoms with Crippen LogP contribution in [0.2, 0.25) is 0 Å². The number of amides is 1. The lowest BCUT2D eigenvalue weighted by Gasteiger charge is -2.35. The van der Waals surface area contributed by atoms with E-state index >= 15 is 0 Å². The van der Waals surface area contributed by atoms with Gasteiger partial charge in [-0.3, -0.25) is 4.79 Å². The van der Waals surface area contributed by atoms with Crippen molar-refractivity contribution in [1.82, 2.24) is 14.9 Å². The molecule has 0 atom stereocenters. The molecule has 0 N–H and O–H groups in total. The fourth-order valence-corrected chi connectivity index (χ4v) is 3.73. The van der Waals surface area contributed by atoms with E-state index < -0.39 is 0 Å². The molecule has 1 aliphatic rings. The van der Waals surface area contributed by atoms with Gasteiger partial charge in [0, 0.05) is 43.4 Å². The lowest BCUT2D eigenvalue weighted by Crippen LogP contribution is -2.49. The third kappa shape index (κ3) is 4.44. The summed E-state index contributed by atoms with van der Waals surface area (Å²) in [6.07, 6.45) is 1.58. The Hall–Kier alpha value is -3.81. The van der Waals surface area contributed by atoms with Gasteiger partial charge in [-0.2, -0.15) is 0 Å². The van der Waals surface area contributed by atoms with Gasteiger partial charge in [0.2, 0.25) is 0 Å². The number of hydrogen-bond acceptors (Lipinski definition) is 7. The molecule has 0 bridgehead atoms. The molecule has 1 aliphatic heterocycles. The molecule has 32 heavy (non-hydrogen) atoms. The summed E-state index contributed by atoms with van der Waals surface area (Å²) in [7, 11) is 4.78. The van der Waals surface area contributed by atoms with Crippen LogP contribution in [0.15, 0.2) is 54.9 Å². The molecule has 8 nitrogen and oxygen atoms in total. The van der Waals surface area contributed by atoms with Gasteiger partial charge < -0.3 is 24.0 Å². The molecule has 0 saturated carbocycles. The lowest BCUT2D eigenvalue weighted by atomic mass is 10.1. The fourth-order valence-electron chi connectivity index (χ4n) is 3.73. The van der Waals surface area contributed by atoms with E-state index in [9.17, 15) is 4.79 Å². The summed E-state index contributed by atoms with van der Waals surface area (Å²) in [4.78, 5) is 25.9. The molecule has 166 valence electrons. The Morgan fingerprint density at radius 3 is 2.19 bits per heavy atom. The molecule has 1 amide bonds. The van der Waals surface area contributed by atoms with Gasteiger partial charge in [-0.1, -0.05) is 0 Å². The summed E-state index contributed by atoms with van der Waals surface area (Å²) >= 11 is 0. The Morgan fingerprint density at radius 2 is 1.53 bits per heavy atom. The molecule has 0 aliphatic carbocycles. The van der Waals surface area contributed by atoms with Crippen molar-refractivity contribution in [3.8, 4) is 28.5 Å². The monoisotopic (exact) mass is 434 g/mol. The van der Waals surface area contributed by atoms with Crippen LogP contribution in [-0.2, 0) is 0 Å². The Bertz CT molecular complexity index is 1080. The molecule has 0 unspecified atom stereocenters. The predicted molar refractivity (Wildman–Crippen MR) is 122 cm³/mol. The van der Waals surface area contributed by atoms with E-state index in [4.69, 9.17) is 14.2 Å². The van der Waals surface area contributed by atoms with Crippen LogP contribution in [-0.4, -0.2) is 68.3 Å². The Kier molecular flexibility index (Phi) is 6.39. The van der Waals surface area contributed by atoms with Gasteiger partial charge in [-0.25, -0.2) is 9.97 Å². The minimum absolute atomic E-state index is 0.0211. The first-order valence-electron chi connectivity index (χ1n) is 10.4. The molecule has 3 aromatic rings. The van der Waals surface area contributed by atoms with Gasteiger partial charge in [-0.15, -0.1) is 0 Å². The number of piperazine rings is 1. The normalized spacial score (nSPS) is 13.6. The first kappa shape index (κ1) is 21.4. The van der Waals surface area contributed by atoms with Gasteiger partial charge in [0.05, 0.1) is 27.0 Å². The fraction of sp³-hybridized carbons (Fsp3) is 0.292. The van der Waals surface area contributed by atoms with Crippen LogP contribution >= 0.6 is 0 Å². The maximum Gasteiger partial charge on any atom is 0.254 e. The zero-order chi connectivity index (χ0) is 22.5. The van der Waals surface area contributed by atoms with E-state index in [0.717, 1.165) is 22.8 Å². The van der Waals surface area contributed by atoms with E-state index in [-0.39, 0.29) is 5.91 Å². The van der Waals surface area contributed by atoms with Gasteiger partial charge in [0.15, 0.2) is 11.5 Å². The van der Waals surface area contributed by atoms with Gasteiger partial charge in [0.25, 0.3) is 5.91 Å². The molecule has 8 heteroatoms. The second-order valence-corrected chi connectivity index (χ2v) is 7.34. The van der Waals surface area contributed by atoms with Gasteiger partial charge >= 0.3 is 0 Å². The average Bonchev–Trinajstić information content (AvgIpc) is 2.88. The largest absolute Gasteiger partial charge is 0.497 e. The van der Waals surface area contributed by atoms with Crippen LogP contribution < -0.4 is 19.1 Å². The topological polar surface area (TPSA) is 77.0 Å². The Labute approximate surface area is 187 Å². The number of anilines is 1. The Morgan fingerprint density at radius 1 is 0.812 bits per heavy atom. The highest BCUT2D eigenvalue weighted by Crippen LogP contribution is 2.28. The number of ether oxygens (including phenoxy) is 3. The summed E-state index contributed by atoms with van der Waals surface area (Å²) in [5.74, 6) is 2.78. The van der Waals surface area contributed by atoms with Crippen LogP contribution in [0.1, 0.15) is 10.4 Å². The van der Waals surface area contributed by atoms with Crippen molar-refractivity contribution in [1.29, 1.82) is 0 Å². The lowest BCUT2D eigenvalue weighted by molar-refractivity contribution is 0.0746. The molecule has 2 heterocycles. The van der Waals surface area contributed by atoms with E-state index in [1.165, 1.54) is 0 Å². The average molecular weight is 434 g/mol. The molecule has 1 fully saturated rings. The minimum Gasteiger partial charge on any atom is -0.497 e. The van der Waals surface area contributed by atoms with E-state index in [1.54, 1.807) is 45.9 Å². The number of methoxy groups -OCH3 is 3. The number of carbonyl (C=O) groups is 1. The molecular formula is C24H26N4O4. The Balaban J connectivity index is 1.43. The minimum atomic E-state index is -0.0211. The number of nitrogens with zero attached hydrogens (tertiary/aromatic N) is 4. The third-order valence-electron chi connectivity index (χ3n) is 5.56. The first-order valence-corrected chi connectivity index (χ1v) is 10.4. The van der Waals surface area contributed by atoms with Crippen molar-refractivity contribution in [2.24, 2.45) is 0 Å². The predicted octanol–water partition coefficient (Wildman–Crippen LogP) is 3.13.